The Bertz CT molecular complexity index is 256. The van der Waals surface area contributed by atoms with Gasteiger partial charge in [0.05, 0.1) is 0 Å². The van der Waals surface area contributed by atoms with Gasteiger partial charge < -0.3 is 21.7 Å². The summed E-state index contributed by atoms with van der Waals surface area (Å²) in [5.74, 6) is -1.40. The van der Waals surface area contributed by atoms with Gasteiger partial charge in [-0.05, 0) is 18.3 Å². The maximum absolute atomic E-state index is 10.2. The van der Waals surface area contributed by atoms with Crippen molar-refractivity contribution in [1.29, 1.82) is 0 Å². The molecule has 108 valence electrons. The van der Waals surface area contributed by atoms with Crippen molar-refractivity contribution in [2.24, 2.45) is 23.3 Å². The Balaban J connectivity index is 0. The number of carboxylic acids is 2. The Labute approximate surface area is 108 Å². The molecule has 0 aromatic heterocycles. The molecule has 6 N–H and O–H groups in total. The van der Waals surface area contributed by atoms with Gasteiger partial charge in [0, 0.05) is 0 Å². The minimum absolute atomic E-state index is 0.0718. The van der Waals surface area contributed by atoms with Crippen molar-refractivity contribution in [3.63, 3.8) is 0 Å². The normalized spacial score (nSPS) is 15.3. The third kappa shape index (κ3) is 10.0. The van der Waals surface area contributed by atoms with Gasteiger partial charge in [-0.2, -0.15) is 0 Å². The Morgan fingerprint density at radius 3 is 1.61 bits per heavy atom. The van der Waals surface area contributed by atoms with Crippen LogP contribution in [0.4, 0.5) is 0 Å². The summed E-state index contributed by atoms with van der Waals surface area (Å²) < 4.78 is 0. The molecule has 3 atom stereocenters. The molecule has 6 heteroatoms. The smallest absolute Gasteiger partial charge is 0.320 e. The lowest BCUT2D eigenvalue weighted by atomic mass is 10.0. The fraction of sp³-hybridized carbons (Fsp3) is 0.833. The molecule has 6 nitrogen and oxygen atoms in total. The molecule has 0 rings (SSSR count). The van der Waals surface area contributed by atoms with Crippen LogP contribution in [0.5, 0.6) is 0 Å². The lowest BCUT2D eigenvalue weighted by Crippen LogP contribution is -2.36. The van der Waals surface area contributed by atoms with Crippen LogP contribution in [0, 0.1) is 11.8 Å². The molecule has 0 saturated carbocycles. The second-order valence-electron chi connectivity index (χ2n) is 4.82. The molecule has 0 bridgehead atoms. The number of carbonyl (C=O) groups is 2. The predicted molar refractivity (Wildman–Crippen MR) is 70.1 cm³/mol. The first kappa shape index (κ1) is 19.2. The van der Waals surface area contributed by atoms with E-state index in [1.807, 2.05) is 27.7 Å². The molecule has 0 aromatic rings. The van der Waals surface area contributed by atoms with Crippen LogP contribution in [0.1, 0.15) is 40.5 Å². The molecular formula is C12H26N2O4. The first-order valence-corrected chi connectivity index (χ1v) is 6.10. The van der Waals surface area contributed by atoms with Gasteiger partial charge >= 0.3 is 11.9 Å². The van der Waals surface area contributed by atoms with Gasteiger partial charge in [-0.15, -0.1) is 0 Å². The SMILES string of the molecule is CC(C)C[C@@H](N)C(=O)O.CCC(C)[C@H](N)C(=O)O. The molecule has 0 amide bonds. The molecule has 0 fully saturated rings. The lowest BCUT2D eigenvalue weighted by molar-refractivity contribution is -0.140. The largest absolute Gasteiger partial charge is 0.480 e. The van der Waals surface area contributed by atoms with E-state index in [1.165, 1.54) is 0 Å². The second kappa shape index (κ2) is 9.85. The summed E-state index contributed by atoms with van der Waals surface area (Å²) in [7, 11) is 0. The van der Waals surface area contributed by atoms with Crippen molar-refractivity contribution < 1.29 is 19.8 Å². The highest BCUT2D eigenvalue weighted by molar-refractivity contribution is 5.73. The molecule has 0 aliphatic carbocycles. The van der Waals surface area contributed by atoms with Gasteiger partial charge in [0.25, 0.3) is 0 Å². The van der Waals surface area contributed by atoms with Gasteiger partial charge in [0.1, 0.15) is 12.1 Å². The number of rotatable bonds is 6. The van der Waals surface area contributed by atoms with E-state index in [-0.39, 0.29) is 5.92 Å². The molecule has 18 heavy (non-hydrogen) atoms. The molecule has 0 saturated heterocycles. The van der Waals surface area contributed by atoms with Crippen LogP contribution in [0.15, 0.2) is 0 Å². The molecule has 1 unspecified atom stereocenters. The van der Waals surface area contributed by atoms with Crippen LogP contribution in [0.2, 0.25) is 0 Å². The molecule has 0 heterocycles. The van der Waals surface area contributed by atoms with Crippen LogP contribution in [0.3, 0.4) is 0 Å². The van der Waals surface area contributed by atoms with E-state index >= 15 is 0 Å². The van der Waals surface area contributed by atoms with Crippen molar-refractivity contribution in [1.82, 2.24) is 0 Å². The summed E-state index contributed by atoms with van der Waals surface area (Å²) in [6.45, 7) is 7.65. The number of nitrogens with two attached hydrogens (primary N) is 2. The summed E-state index contributed by atoms with van der Waals surface area (Å²) >= 11 is 0. The number of hydrogen-bond donors (Lipinski definition) is 4. The molecule has 0 aliphatic rings. The van der Waals surface area contributed by atoms with Gasteiger partial charge in [-0.1, -0.05) is 34.1 Å². The van der Waals surface area contributed by atoms with Crippen LogP contribution < -0.4 is 11.5 Å². The summed E-state index contributed by atoms with van der Waals surface area (Å²) in [5.41, 5.74) is 10.5. The van der Waals surface area contributed by atoms with Crippen LogP contribution >= 0.6 is 0 Å². The van der Waals surface area contributed by atoms with Gasteiger partial charge in [-0.3, -0.25) is 9.59 Å². The van der Waals surface area contributed by atoms with E-state index in [4.69, 9.17) is 21.7 Å². The average Bonchev–Trinajstić information content (AvgIpc) is 2.26. The lowest BCUT2D eigenvalue weighted by Gasteiger charge is -2.11. The van der Waals surface area contributed by atoms with Crippen molar-refractivity contribution >= 4 is 11.9 Å². The van der Waals surface area contributed by atoms with Crippen LogP contribution in [-0.2, 0) is 9.59 Å². The third-order valence-electron chi connectivity index (χ3n) is 2.58. The van der Waals surface area contributed by atoms with Crippen molar-refractivity contribution in [2.45, 2.75) is 52.6 Å². The van der Waals surface area contributed by atoms with Gasteiger partial charge in [-0.25, -0.2) is 0 Å². The highest BCUT2D eigenvalue weighted by atomic mass is 16.4. The topological polar surface area (TPSA) is 127 Å². The Morgan fingerprint density at radius 2 is 1.50 bits per heavy atom. The summed E-state index contributed by atoms with van der Waals surface area (Å²) in [4.78, 5) is 20.3. The van der Waals surface area contributed by atoms with Crippen LogP contribution in [0.25, 0.3) is 0 Å². The summed E-state index contributed by atoms with van der Waals surface area (Å²) in [6.07, 6.45) is 1.36. The highest BCUT2D eigenvalue weighted by Gasteiger charge is 2.17. The van der Waals surface area contributed by atoms with E-state index < -0.39 is 24.0 Å². The molecule has 0 aliphatic heterocycles. The van der Waals surface area contributed by atoms with E-state index in [2.05, 4.69) is 0 Å². The van der Waals surface area contributed by atoms with Gasteiger partial charge in [0.15, 0.2) is 0 Å². The van der Waals surface area contributed by atoms with E-state index in [0.29, 0.717) is 12.3 Å². The number of hydrogen-bond acceptors (Lipinski definition) is 4. The first-order chi connectivity index (χ1) is 8.13. The minimum atomic E-state index is -0.913. The fourth-order valence-electron chi connectivity index (χ4n) is 1.11. The fourth-order valence-corrected chi connectivity index (χ4v) is 1.11. The zero-order valence-electron chi connectivity index (χ0n) is 11.6. The average molecular weight is 262 g/mol. The minimum Gasteiger partial charge on any atom is -0.480 e. The summed E-state index contributed by atoms with van der Waals surface area (Å²) in [6, 6.07) is -1.39. The van der Waals surface area contributed by atoms with Gasteiger partial charge in [0.2, 0.25) is 0 Å². The maximum atomic E-state index is 10.2. The Hall–Kier alpha value is -1.14. The highest BCUT2D eigenvalue weighted by Crippen LogP contribution is 2.04. The predicted octanol–water partition coefficient (Wildman–Crippen LogP) is 0.889. The number of carboxylic acid groups (broad SMARTS) is 2. The second-order valence-corrected chi connectivity index (χ2v) is 4.82. The zero-order valence-corrected chi connectivity index (χ0v) is 11.6. The molecule has 0 spiro atoms. The molecule has 0 aromatic carbocycles. The number of aliphatic carboxylic acids is 2. The zero-order chi connectivity index (χ0) is 14.9. The van der Waals surface area contributed by atoms with Crippen molar-refractivity contribution in [3.05, 3.63) is 0 Å². The first-order valence-electron chi connectivity index (χ1n) is 6.10. The standard InChI is InChI=1S/2C6H13NO2/c1-4(2)3-5(7)6(8)9;1-3-4(2)5(7)6(8)9/h2*4-5H,3,7H2,1-2H3,(H,8,9)/t5-;4?,5-/m10/s1. The van der Waals surface area contributed by atoms with E-state index in [1.54, 1.807) is 0 Å². The van der Waals surface area contributed by atoms with Crippen molar-refractivity contribution in [2.75, 3.05) is 0 Å². The quantitative estimate of drug-likeness (QED) is 0.563. The Morgan fingerprint density at radius 1 is 1.06 bits per heavy atom. The van der Waals surface area contributed by atoms with E-state index in [0.717, 1.165) is 6.42 Å². The maximum Gasteiger partial charge on any atom is 0.320 e. The van der Waals surface area contributed by atoms with Crippen LogP contribution in [-0.4, -0.2) is 34.2 Å². The monoisotopic (exact) mass is 262 g/mol. The Kier molecular flexibility index (Phi) is 10.5. The van der Waals surface area contributed by atoms with E-state index in [9.17, 15) is 9.59 Å². The summed E-state index contributed by atoms with van der Waals surface area (Å²) in [5, 5.41) is 16.7. The van der Waals surface area contributed by atoms with Crippen molar-refractivity contribution in [3.8, 4) is 0 Å². The molecule has 0 radical (unpaired) electrons. The third-order valence-corrected chi connectivity index (χ3v) is 2.58. The molecular weight excluding hydrogens is 236 g/mol.